The van der Waals surface area contributed by atoms with E-state index < -0.39 is 6.09 Å². The number of nitrogens with one attached hydrogen (secondary N) is 1. The average molecular weight is 286 g/mol. The van der Waals surface area contributed by atoms with E-state index in [1.807, 2.05) is 60.7 Å². The van der Waals surface area contributed by atoms with E-state index in [9.17, 15) is 4.79 Å². The molecular weight excluding hydrogens is 272 g/mol. The van der Waals surface area contributed by atoms with Gasteiger partial charge in [0, 0.05) is 11.3 Å². The number of carboxylic acid groups (broad SMARTS) is 1. The molecule has 0 fully saturated rings. The van der Waals surface area contributed by atoms with Gasteiger partial charge in [-0.05, 0) is 17.7 Å². The van der Waals surface area contributed by atoms with Gasteiger partial charge >= 0.3 is 6.09 Å². The van der Waals surface area contributed by atoms with Gasteiger partial charge in [0.2, 0.25) is 0 Å². The van der Waals surface area contributed by atoms with Crippen LogP contribution in [0.3, 0.4) is 0 Å². The molecule has 5 heteroatoms. The molecule has 0 aliphatic rings. The zero-order valence-corrected chi connectivity index (χ0v) is 11.5. The van der Waals surface area contributed by atoms with Gasteiger partial charge in [-0.2, -0.15) is 5.10 Å². The Morgan fingerprint density at radius 1 is 1.05 bits per heavy atom. The van der Waals surface area contributed by atoms with Gasteiger partial charge in [-0.25, -0.2) is 10.2 Å². The standard InChI is InChI=1S/C15H14N2O2S/c18-15(19)17-16-14(11-12-7-3-1-4-8-12)20-13-9-5-2-6-10-13/h1-10,17H,11H2,(H,18,19)/b16-14-. The molecule has 102 valence electrons. The molecule has 0 unspecified atom stereocenters. The van der Waals surface area contributed by atoms with Gasteiger partial charge in [-0.15, -0.1) is 0 Å². The number of nitrogens with zero attached hydrogens (tertiary/aromatic N) is 1. The first-order valence-electron chi connectivity index (χ1n) is 6.06. The fourth-order valence-electron chi connectivity index (χ4n) is 1.60. The molecule has 0 heterocycles. The van der Waals surface area contributed by atoms with Crippen LogP contribution in [0, 0.1) is 0 Å². The molecule has 0 atom stereocenters. The molecular formula is C15H14N2O2S. The van der Waals surface area contributed by atoms with Gasteiger partial charge in [0.25, 0.3) is 0 Å². The van der Waals surface area contributed by atoms with Crippen molar-refractivity contribution in [3.05, 3.63) is 66.2 Å². The Labute approximate surface area is 121 Å². The predicted octanol–water partition coefficient (Wildman–Crippen LogP) is 3.60. The molecule has 0 saturated heterocycles. The first kappa shape index (κ1) is 14.1. The van der Waals surface area contributed by atoms with Crippen LogP contribution in [0.4, 0.5) is 4.79 Å². The molecule has 4 nitrogen and oxygen atoms in total. The molecule has 2 N–H and O–H groups in total. The first-order chi connectivity index (χ1) is 9.74. The van der Waals surface area contributed by atoms with Crippen LogP contribution < -0.4 is 5.43 Å². The molecule has 0 bridgehead atoms. The number of thioether (sulfide) groups is 1. The van der Waals surface area contributed by atoms with E-state index in [0.29, 0.717) is 11.5 Å². The number of hydrazone groups is 1. The summed E-state index contributed by atoms with van der Waals surface area (Å²) in [7, 11) is 0. The Morgan fingerprint density at radius 3 is 2.25 bits per heavy atom. The zero-order valence-electron chi connectivity index (χ0n) is 10.7. The lowest BCUT2D eigenvalue weighted by molar-refractivity contribution is 0.195. The lowest BCUT2D eigenvalue weighted by Crippen LogP contribution is -2.16. The van der Waals surface area contributed by atoms with Gasteiger partial charge in [-0.3, -0.25) is 0 Å². The number of hydrogen-bond donors (Lipinski definition) is 2. The summed E-state index contributed by atoms with van der Waals surface area (Å²) in [5.74, 6) is 0. The summed E-state index contributed by atoms with van der Waals surface area (Å²) in [6, 6.07) is 19.6. The highest BCUT2D eigenvalue weighted by atomic mass is 32.2. The monoisotopic (exact) mass is 286 g/mol. The van der Waals surface area contributed by atoms with Crippen molar-refractivity contribution in [1.29, 1.82) is 0 Å². The smallest absolute Gasteiger partial charge is 0.425 e. The van der Waals surface area contributed by atoms with Crippen LogP contribution in [-0.2, 0) is 6.42 Å². The summed E-state index contributed by atoms with van der Waals surface area (Å²) >= 11 is 1.45. The molecule has 2 aromatic rings. The molecule has 2 rings (SSSR count). The first-order valence-corrected chi connectivity index (χ1v) is 6.88. The maximum atomic E-state index is 10.6. The molecule has 20 heavy (non-hydrogen) atoms. The lowest BCUT2D eigenvalue weighted by Gasteiger charge is -2.06. The van der Waals surface area contributed by atoms with Gasteiger partial charge in [-0.1, -0.05) is 60.3 Å². The van der Waals surface area contributed by atoms with Crippen LogP contribution in [0.2, 0.25) is 0 Å². The summed E-state index contributed by atoms with van der Waals surface area (Å²) < 4.78 is 0. The lowest BCUT2D eigenvalue weighted by atomic mass is 10.2. The minimum Gasteiger partial charge on any atom is -0.464 e. The number of amides is 1. The molecule has 0 aromatic heterocycles. The quantitative estimate of drug-likeness (QED) is 0.391. The highest BCUT2D eigenvalue weighted by Gasteiger charge is 2.05. The van der Waals surface area contributed by atoms with Crippen molar-refractivity contribution in [3.8, 4) is 0 Å². The van der Waals surface area contributed by atoms with Gasteiger partial charge in [0.15, 0.2) is 0 Å². The van der Waals surface area contributed by atoms with Crippen molar-refractivity contribution in [2.24, 2.45) is 5.10 Å². The second kappa shape index (κ2) is 7.35. The maximum absolute atomic E-state index is 10.6. The third-order valence-electron chi connectivity index (χ3n) is 2.45. The third-order valence-corrected chi connectivity index (χ3v) is 3.43. The van der Waals surface area contributed by atoms with Crippen LogP contribution in [0.15, 0.2) is 70.7 Å². The maximum Gasteiger partial charge on any atom is 0.425 e. The molecule has 1 amide bonds. The minimum atomic E-state index is -1.16. The highest BCUT2D eigenvalue weighted by Crippen LogP contribution is 2.21. The Hall–Kier alpha value is -2.27. The zero-order chi connectivity index (χ0) is 14.2. The number of hydrogen-bond acceptors (Lipinski definition) is 3. The summed E-state index contributed by atoms with van der Waals surface area (Å²) in [6.07, 6.45) is -0.579. The average Bonchev–Trinajstić information content (AvgIpc) is 2.47. The van der Waals surface area contributed by atoms with Crippen LogP contribution >= 0.6 is 11.8 Å². The Balaban J connectivity index is 2.12. The van der Waals surface area contributed by atoms with E-state index in [-0.39, 0.29) is 0 Å². The topological polar surface area (TPSA) is 61.7 Å². The minimum absolute atomic E-state index is 0.584. The molecule has 2 aromatic carbocycles. The third kappa shape index (κ3) is 4.78. The summed E-state index contributed by atoms with van der Waals surface area (Å²) in [5.41, 5.74) is 3.15. The Kier molecular flexibility index (Phi) is 5.20. The van der Waals surface area contributed by atoms with E-state index in [4.69, 9.17) is 5.11 Å². The van der Waals surface area contributed by atoms with Crippen LogP contribution in [-0.4, -0.2) is 16.2 Å². The van der Waals surface area contributed by atoms with Crippen molar-refractivity contribution in [3.63, 3.8) is 0 Å². The van der Waals surface area contributed by atoms with Crippen molar-refractivity contribution >= 4 is 22.9 Å². The van der Waals surface area contributed by atoms with Crippen LogP contribution in [0.5, 0.6) is 0 Å². The van der Waals surface area contributed by atoms with Gasteiger partial charge in [0.1, 0.15) is 5.04 Å². The highest BCUT2D eigenvalue weighted by molar-refractivity contribution is 8.14. The molecule has 0 radical (unpaired) electrons. The molecule has 0 aliphatic carbocycles. The molecule has 0 saturated carbocycles. The van der Waals surface area contributed by atoms with Gasteiger partial charge in [0.05, 0.1) is 0 Å². The van der Waals surface area contributed by atoms with E-state index in [1.165, 1.54) is 11.8 Å². The SMILES string of the molecule is O=C(O)N/N=C(/Cc1ccccc1)Sc1ccccc1. The number of carbonyl (C=O) groups is 1. The molecule has 0 aliphatic heterocycles. The normalized spacial score (nSPS) is 11.1. The van der Waals surface area contributed by atoms with E-state index in [1.54, 1.807) is 0 Å². The summed E-state index contributed by atoms with van der Waals surface area (Å²) in [4.78, 5) is 11.6. The summed E-state index contributed by atoms with van der Waals surface area (Å²) in [6.45, 7) is 0. The Morgan fingerprint density at radius 2 is 1.65 bits per heavy atom. The second-order valence-corrected chi connectivity index (χ2v) is 5.15. The van der Waals surface area contributed by atoms with Crippen molar-refractivity contribution < 1.29 is 9.90 Å². The fourth-order valence-corrected chi connectivity index (χ4v) is 2.50. The van der Waals surface area contributed by atoms with Crippen molar-refractivity contribution in [2.45, 2.75) is 11.3 Å². The number of rotatable bonds is 4. The number of benzene rings is 2. The fraction of sp³-hybridized carbons (Fsp3) is 0.0667. The largest absolute Gasteiger partial charge is 0.464 e. The summed E-state index contributed by atoms with van der Waals surface area (Å²) in [5, 5.41) is 13.3. The van der Waals surface area contributed by atoms with E-state index in [0.717, 1.165) is 10.5 Å². The van der Waals surface area contributed by atoms with Crippen molar-refractivity contribution in [1.82, 2.24) is 5.43 Å². The predicted molar refractivity (Wildman–Crippen MR) is 81.0 cm³/mol. The molecule has 0 spiro atoms. The van der Waals surface area contributed by atoms with Crippen molar-refractivity contribution in [2.75, 3.05) is 0 Å². The second-order valence-electron chi connectivity index (χ2n) is 4.00. The van der Waals surface area contributed by atoms with Gasteiger partial charge < -0.3 is 5.11 Å². The Bertz CT molecular complexity index is 542. The van der Waals surface area contributed by atoms with E-state index in [2.05, 4.69) is 10.5 Å². The van der Waals surface area contributed by atoms with Crippen LogP contribution in [0.25, 0.3) is 0 Å². The van der Waals surface area contributed by atoms with Crippen LogP contribution in [0.1, 0.15) is 5.56 Å². The van der Waals surface area contributed by atoms with E-state index >= 15 is 0 Å².